The first-order valence-corrected chi connectivity index (χ1v) is 10.5. The van der Waals surface area contributed by atoms with E-state index in [1.807, 2.05) is 13.8 Å². The molecule has 0 unspecified atom stereocenters. The van der Waals surface area contributed by atoms with E-state index >= 15 is 0 Å². The fourth-order valence-corrected chi connectivity index (χ4v) is 4.97. The quantitative estimate of drug-likeness (QED) is 0.644. The van der Waals surface area contributed by atoms with Crippen LogP contribution in [0.5, 0.6) is 0 Å². The summed E-state index contributed by atoms with van der Waals surface area (Å²) in [4.78, 5) is 26.2. The summed E-state index contributed by atoms with van der Waals surface area (Å²) in [5, 5.41) is 3.71. The highest BCUT2D eigenvalue weighted by Crippen LogP contribution is 2.41. The minimum absolute atomic E-state index is 0.00361. The van der Waals surface area contributed by atoms with Crippen molar-refractivity contribution in [1.29, 1.82) is 0 Å². The molecule has 0 fully saturated rings. The molecule has 1 aromatic heterocycles. The summed E-state index contributed by atoms with van der Waals surface area (Å²) in [6.07, 6.45) is 7.27. The molecule has 2 atom stereocenters. The predicted molar refractivity (Wildman–Crippen MR) is 103 cm³/mol. The number of thiophene rings is 1. The Kier molecular flexibility index (Phi) is 7.48. The highest BCUT2D eigenvalue weighted by atomic mass is 32.1. The van der Waals surface area contributed by atoms with Crippen LogP contribution in [0.25, 0.3) is 0 Å². The van der Waals surface area contributed by atoms with Gasteiger partial charge < -0.3 is 10.1 Å². The van der Waals surface area contributed by atoms with Crippen LogP contribution in [-0.2, 0) is 22.4 Å². The molecule has 0 aliphatic heterocycles. The number of nitrogens with one attached hydrogen (secondary N) is 1. The molecule has 0 aromatic carbocycles. The molecule has 1 amide bonds. The van der Waals surface area contributed by atoms with Crippen LogP contribution in [0.4, 0.5) is 5.00 Å². The summed E-state index contributed by atoms with van der Waals surface area (Å²) in [5.74, 6) is 0.337. The van der Waals surface area contributed by atoms with Crippen LogP contribution < -0.4 is 5.32 Å². The molecule has 5 heteroatoms. The zero-order valence-corrected chi connectivity index (χ0v) is 16.8. The lowest BCUT2D eigenvalue weighted by atomic mass is 9.84. The number of carbonyl (C=O) groups is 2. The monoisotopic (exact) mass is 365 g/mol. The predicted octanol–water partition coefficient (Wildman–Crippen LogP) is 5.20. The van der Waals surface area contributed by atoms with Crippen molar-refractivity contribution in [2.75, 3.05) is 11.9 Å². The molecule has 1 heterocycles. The van der Waals surface area contributed by atoms with Crippen molar-refractivity contribution in [3.8, 4) is 0 Å². The van der Waals surface area contributed by atoms with E-state index in [4.69, 9.17) is 4.74 Å². The van der Waals surface area contributed by atoms with Gasteiger partial charge in [-0.25, -0.2) is 4.79 Å². The SMILES string of the molecule is CCC[C@H]1CCc2c(sc(NC(=O)[C@H](C)CCC)c2C(=O)OCC)C1. The number of rotatable bonds is 8. The van der Waals surface area contributed by atoms with Gasteiger partial charge in [0.1, 0.15) is 5.00 Å². The topological polar surface area (TPSA) is 55.4 Å². The smallest absolute Gasteiger partial charge is 0.341 e. The van der Waals surface area contributed by atoms with Gasteiger partial charge in [0.15, 0.2) is 0 Å². The molecule has 1 aromatic rings. The molecule has 1 N–H and O–H groups in total. The number of esters is 1. The Balaban J connectivity index is 2.28. The van der Waals surface area contributed by atoms with Crippen LogP contribution in [-0.4, -0.2) is 18.5 Å². The van der Waals surface area contributed by atoms with Gasteiger partial charge in [0.2, 0.25) is 5.91 Å². The maximum absolute atomic E-state index is 12.5. The van der Waals surface area contributed by atoms with Crippen molar-refractivity contribution in [2.24, 2.45) is 11.8 Å². The molecule has 0 spiro atoms. The Hall–Kier alpha value is -1.36. The maximum Gasteiger partial charge on any atom is 0.341 e. The summed E-state index contributed by atoms with van der Waals surface area (Å²) in [5.41, 5.74) is 1.71. The second-order valence-corrected chi connectivity index (χ2v) is 8.11. The third kappa shape index (κ3) is 4.84. The van der Waals surface area contributed by atoms with Crippen molar-refractivity contribution < 1.29 is 14.3 Å². The maximum atomic E-state index is 12.5. The van der Waals surface area contributed by atoms with Crippen molar-refractivity contribution in [3.05, 3.63) is 16.0 Å². The Labute approximate surface area is 155 Å². The average molecular weight is 366 g/mol. The number of anilines is 1. The highest BCUT2D eigenvalue weighted by molar-refractivity contribution is 7.17. The molecule has 4 nitrogen and oxygen atoms in total. The lowest BCUT2D eigenvalue weighted by molar-refractivity contribution is -0.119. The Bertz CT molecular complexity index is 608. The normalized spacial score (nSPS) is 17.7. The Morgan fingerprint density at radius 3 is 2.68 bits per heavy atom. The third-order valence-corrected chi connectivity index (χ3v) is 6.12. The molecule has 25 heavy (non-hydrogen) atoms. The van der Waals surface area contributed by atoms with E-state index in [-0.39, 0.29) is 17.8 Å². The second kappa shape index (κ2) is 9.37. The first-order valence-electron chi connectivity index (χ1n) is 9.64. The fraction of sp³-hybridized carbons (Fsp3) is 0.700. The standard InChI is InChI=1S/C20H31NO3S/c1-5-8-13(4)18(22)21-19-17(20(23)24-7-3)15-11-10-14(9-6-2)12-16(15)25-19/h13-14H,5-12H2,1-4H3,(H,21,22)/t13-,14+/m1/s1. The third-order valence-electron chi connectivity index (χ3n) is 4.95. The average Bonchev–Trinajstić information content (AvgIpc) is 2.92. The van der Waals surface area contributed by atoms with Crippen molar-refractivity contribution in [2.45, 2.75) is 72.6 Å². The summed E-state index contributed by atoms with van der Waals surface area (Å²) in [7, 11) is 0. The zero-order valence-electron chi connectivity index (χ0n) is 15.9. The van der Waals surface area contributed by atoms with Crippen LogP contribution in [0.2, 0.25) is 0 Å². The van der Waals surface area contributed by atoms with E-state index in [1.54, 1.807) is 11.3 Å². The first-order chi connectivity index (χ1) is 12.0. The van der Waals surface area contributed by atoms with E-state index in [0.717, 1.165) is 37.7 Å². The van der Waals surface area contributed by atoms with E-state index < -0.39 is 0 Å². The lowest BCUT2D eigenvalue weighted by Crippen LogP contribution is -2.21. The number of hydrogen-bond donors (Lipinski definition) is 1. The molecule has 0 bridgehead atoms. The summed E-state index contributed by atoms with van der Waals surface area (Å²) in [6, 6.07) is 0. The number of hydrogen-bond acceptors (Lipinski definition) is 4. The number of ether oxygens (including phenoxy) is 1. The van der Waals surface area contributed by atoms with Crippen LogP contribution in [0.3, 0.4) is 0 Å². The van der Waals surface area contributed by atoms with Gasteiger partial charge in [0, 0.05) is 10.8 Å². The minimum atomic E-state index is -0.299. The van der Waals surface area contributed by atoms with E-state index in [2.05, 4.69) is 19.2 Å². The molecular formula is C20H31NO3S. The summed E-state index contributed by atoms with van der Waals surface area (Å²) in [6.45, 7) is 8.39. The van der Waals surface area contributed by atoms with Crippen molar-refractivity contribution in [1.82, 2.24) is 0 Å². The van der Waals surface area contributed by atoms with Crippen LogP contribution in [0.1, 0.15) is 80.6 Å². The summed E-state index contributed by atoms with van der Waals surface area (Å²) >= 11 is 1.58. The van der Waals surface area contributed by atoms with E-state index in [1.165, 1.54) is 17.7 Å². The number of fused-ring (bicyclic) bond motifs is 1. The minimum Gasteiger partial charge on any atom is -0.462 e. The molecule has 0 saturated carbocycles. The fourth-order valence-electron chi connectivity index (χ4n) is 3.62. The van der Waals surface area contributed by atoms with Gasteiger partial charge in [-0.05, 0) is 44.1 Å². The van der Waals surface area contributed by atoms with Crippen molar-refractivity contribution in [3.63, 3.8) is 0 Å². The van der Waals surface area contributed by atoms with Gasteiger partial charge in [0.05, 0.1) is 12.2 Å². The van der Waals surface area contributed by atoms with Crippen LogP contribution in [0, 0.1) is 11.8 Å². The van der Waals surface area contributed by atoms with Gasteiger partial charge in [-0.3, -0.25) is 4.79 Å². The van der Waals surface area contributed by atoms with E-state index in [9.17, 15) is 9.59 Å². The molecule has 140 valence electrons. The summed E-state index contributed by atoms with van der Waals surface area (Å²) < 4.78 is 5.27. The Morgan fingerprint density at radius 1 is 1.28 bits per heavy atom. The van der Waals surface area contributed by atoms with Crippen LogP contribution >= 0.6 is 11.3 Å². The van der Waals surface area contributed by atoms with Crippen LogP contribution in [0.15, 0.2) is 0 Å². The van der Waals surface area contributed by atoms with Gasteiger partial charge in [-0.2, -0.15) is 0 Å². The molecule has 0 radical (unpaired) electrons. The van der Waals surface area contributed by atoms with Crippen molar-refractivity contribution >= 4 is 28.2 Å². The van der Waals surface area contributed by atoms with Gasteiger partial charge >= 0.3 is 5.97 Å². The zero-order chi connectivity index (χ0) is 18.4. The van der Waals surface area contributed by atoms with Gasteiger partial charge in [0.25, 0.3) is 0 Å². The molecule has 0 saturated heterocycles. The van der Waals surface area contributed by atoms with Gasteiger partial charge in [-0.1, -0.05) is 40.0 Å². The molecule has 1 aliphatic rings. The lowest BCUT2D eigenvalue weighted by Gasteiger charge is -2.21. The second-order valence-electron chi connectivity index (χ2n) is 7.00. The van der Waals surface area contributed by atoms with Gasteiger partial charge in [-0.15, -0.1) is 11.3 Å². The largest absolute Gasteiger partial charge is 0.462 e. The first kappa shape index (κ1) is 20.0. The number of carbonyl (C=O) groups excluding carboxylic acids is 2. The Morgan fingerprint density at radius 2 is 2.04 bits per heavy atom. The van der Waals surface area contributed by atoms with E-state index in [0.29, 0.717) is 23.1 Å². The molecule has 1 aliphatic carbocycles. The number of amides is 1. The molecule has 2 rings (SSSR count). The molecular weight excluding hydrogens is 334 g/mol. The highest BCUT2D eigenvalue weighted by Gasteiger charge is 2.30.